The number of sulfonamides is 2. The van der Waals surface area contributed by atoms with Crippen molar-refractivity contribution in [2.75, 3.05) is 14.8 Å². The lowest BCUT2D eigenvalue weighted by Crippen LogP contribution is -2.30. The van der Waals surface area contributed by atoms with Gasteiger partial charge in [0.25, 0.3) is 10.0 Å². The van der Waals surface area contributed by atoms with E-state index in [1.807, 2.05) is 0 Å². The summed E-state index contributed by atoms with van der Waals surface area (Å²) in [5, 5.41) is 0.389. The zero-order valence-corrected chi connectivity index (χ0v) is 16.9. The minimum absolute atomic E-state index is 0.0669. The molecule has 1 fully saturated rings. The van der Waals surface area contributed by atoms with Crippen LogP contribution in [-0.4, -0.2) is 28.5 Å². The minimum atomic E-state index is -3.91. The fourth-order valence-corrected chi connectivity index (χ4v) is 5.87. The normalized spacial score (nSPS) is 19.3. The summed E-state index contributed by atoms with van der Waals surface area (Å²) in [6.45, 7) is 3.28. The highest BCUT2D eigenvalue weighted by molar-refractivity contribution is 7.94. The number of anilines is 2. The molecule has 0 radical (unpaired) electrons. The van der Waals surface area contributed by atoms with E-state index < -0.39 is 31.9 Å². The minimum Gasteiger partial charge on any atom is -0.279 e. The van der Waals surface area contributed by atoms with Gasteiger partial charge in [-0.25, -0.2) is 21.1 Å². The monoisotopic (exact) mass is 428 g/mol. The average molecular weight is 429 g/mol. The zero-order valence-electron chi connectivity index (χ0n) is 14.5. The molecular formula is C17H17ClN2O5S2. The average Bonchev–Trinajstić information content (AvgIpc) is 2.78. The Labute approximate surface area is 163 Å². The molecule has 0 unspecified atom stereocenters. The van der Waals surface area contributed by atoms with Crippen LogP contribution < -0.4 is 9.03 Å². The summed E-state index contributed by atoms with van der Waals surface area (Å²) in [5.41, 5.74) is 1.15. The number of benzene rings is 2. The maximum atomic E-state index is 12.6. The Morgan fingerprint density at radius 3 is 2.33 bits per heavy atom. The van der Waals surface area contributed by atoms with Gasteiger partial charge in [-0.3, -0.25) is 9.52 Å². The Bertz CT molecular complexity index is 1110. The number of nitrogens with one attached hydrogen (secondary N) is 1. The summed E-state index contributed by atoms with van der Waals surface area (Å²) in [7, 11) is -7.65. The van der Waals surface area contributed by atoms with Crippen molar-refractivity contribution in [2.24, 2.45) is 5.92 Å². The highest BCUT2D eigenvalue weighted by Gasteiger charge is 2.41. The van der Waals surface area contributed by atoms with Crippen LogP contribution in [0.25, 0.3) is 0 Å². The second kappa shape index (κ2) is 6.81. The topological polar surface area (TPSA) is 101 Å². The van der Waals surface area contributed by atoms with Gasteiger partial charge in [0, 0.05) is 5.02 Å². The van der Waals surface area contributed by atoms with Gasteiger partial charge in [0.2, 0.25) is 15.9 Å². The molecule has 1 N–H and O–H groups in total. The smallest absolute Gasteiger partial charge is 0.261 e. The van der Waals surface area contributed by atoms with Gasteiger partial charge in [-0.05, 0) is 48.9 Å². The third-order valence-electron chi connectivity index (χ3n) is 4.19. The quantitative estimate of drug-likeness (QED) is 0.806. The van der Waals surface area contributed by atoms with Gasteiger partial charge in [-0.15, -0.1) is 0 Å². The van der Waals surface area contributed by atoms with Gasteiger partial charge < -0.3 is 0 Å². The second-order valence-corrected chi connectivity index (χ2v) is 10.3. The molecule has 2 aromatic carbocycles. The number of nitrogens with zero attached hydrogens (tertiary/aromatic N) is 1. The molecule has 0 bridgehead atoms. The third-order valence-corrected chi connectivity index (χ3v) is 7.67. The number of amides is 1. The molecule has 144 valence electrons. The first-order chi connectivity index (χ1) is 12.5. The van der Waals surface area contributed by atoms with E-state index in [0.29, 0.717) is 16.3 Å². The number of rotatable bonds is 4. The Morgan fingerprint density at radius 2 is 1.78 bits per heavy atom. The number of aryl methyl sites for hydroxylation is 1. The zero-order chi connectivity index (χ0) is 20.0. The van der Waals surface area contributed by atoms with Crippen LogP contribution in [0.5, 0.6) is 0 Å². The van der Waals surface area contributed by atoms with Gasteiger partial charge >= 0.3 is 0 Å². The molecule has 0 aromatic heterocycles. The molecule has 1 amide bonds. The maximum absolute atomic E-state index is 12.6. The first kappa shape index (κ1) is 19.7. The van der Waals surface area contributed by atoms with Gasteiger partial charge in [0.15, 0.2) is 0 Å². The van der Waals surface area contributed by atoms with Gasteiger partial charge in [0.1, 0.15) is 0 Å². The van der Waals surface area contributed by atoms with Crippen molar-refractivity contribution in [1.82, 2.24) is 0 Å². The fraction of sp³-hybridized carbons (Fsp3) is 0.235. The van der Waals surface area contributed by atoms with Crippen molar-refractivity contribution in [3.63, 3.8) is 0 Å². The van der Waals surface area contributed by atoms with Crippen molar-refractivity contribution < 1.29 is 21.6 Å². The predicted octanol–water partition coefficient (Wildman–Crippen LogP) is 2.76. The Hall–Kier alpha value is -2.10. The number of carbonyl (C=O) groups is 1. The van der Waals surface area contributed by atoms with E-state index in [2.05, 4.69) is 4.72 Å². The van der Waals surface area contributed by atoms with Gasteiger partial charge in [0.05, 0.1) is 27.9 Å². The van der Waals surface area contributed by atoms with Crippen LogP contribution in [0.15, 0.2) is 47.4 Å². The highest BCUT2D eigenvalue weighted by atomic mass is 35.5. The summed E-state index contributed by atoms with van der Waals surface area (Å²) in [6, 6.07) is 9.94. The molecule has 7 nitrogen and oxygen atoms in total. The first-order valence-electron chi connectivity index (χ1n) is 7.97. The Morgan fingerprint density at radius 1 is 1.15 bits per heavy atom. The van der Waals surface area contributed by atoms with E-state index in [-0.39, 0.29) is 16.3 Å². The highest BCUT2D eigenvalue weighted by Crippen LogP contribution is 2.30. The SMILES string of the molecule is Cc1ccc(Cl)cc1NS(=O)(=O)c1ccc(N2C(=O)[C@@H](C)CS2(=O)=O)cc1. The van der Waals surface area contributed by atoms with E-state index >= 15 is 0 Å². The van der Waals surface area contributed by atoms with E-state index in [4.69, 9.17) is 11.6 Å². The lowest BCUT2D eigenvalue weighted by atomic mass is 10.2. The van der Waals surface area contributed by atoms with Crippen molar-refractivity contribution in [3.05, 3.63) is 53.1 Å². The Kier molecular flexibility index (Phi) is 4.96. The van der Waals surface area contributed by atoms with Crippen LogP contribution in [-0.2, 0) is 24.8 Å². The lowest BCUT2D eigenvalue weighted by Gasteiger charge is -2.16. The van der Waals surface area contributed by atoms with Gasteiger partial charge in [-0.2, -0.15) is 0 Å². The van der Waals surface area contributed by atoms with Crippen molar-refractivity contribution in [1.29, 1.82) is 0 Å². The summed E-state index contributed by atoms with van der Waals surface area (Å²) in [5.74, 6) is -1.43. The van der Waals surface area contributed by atoms with E-state index in [0.717, 1.165) is 4.31 Å². The molecule has 0 spiro atoms. The van der Waals surface area contributed by atoms with Crippen molar-refractivity contribution >= 4 is 48.9 Å². The molecule has 1 aliphatic heterocycles. The molecule has 3 rings (SSSR count). The molecule has 1 heterocycles. The molecule has 1 saturated heterocycles. The molecule has 0 aliphatic carbocycles. The number of halogens is 1. The number of hydrogen-bond acceptors (Lipinski definition) is 5. The Balaban J connectivity index is 1.91. The molecule has 0 saturated carbocycles. The second-order valence-electron chi connectivity index (χ2n) is 6.34. The lowest BCUT2D eigenvalue weighted by molar-refractivity contribution is -0.119. The largest absolute Gasteiger partial charge is 0.279 e. The fourth-order valence-electron chi connectivity index (χ4n) is 2.76. The first-order valence-corrected chi connectivity index (χ1v) is 11.4. The molecule has 1 aliphatic rings. The van der Waals surface area contributed by atoms with Crippen LogP contribution >= 0.6 is 11.6 Å². The maximum Gasteiger partial charge on any atom is 0.261 e. The summed E-state index contributed by atoms with van der Waals surface area (Å²) < 4.78 is 52.6. The van der Waals surface area contributed by atoms with Crippen LogP contribution in [0, 0.1) is 12.8 Å². The predicted molar refractivity (Wildman–Crippen MR) is 104 cm³/mol. The number of hydrogen-bond donors (Lipinski definition) is 1. The van der Waals surface area contributed by atoms with Crippen molar-refractivity contribution in [2.45, 2.75) is 18.7 Å². The number of carbonyl (C=O) groups excluding carboxylic acids is 1. The summed E-state index contributed by atoms with van der Waals surface area (Å²) >= 11 is 5.91. The van der Waals surface area contributed by atoms with E-state index in [1.54, 1.807) is 19.1 Å². The standard InChI is InChI=1S/C17H17ClN2O5S2/c1-11-3-4-13(18)9-16(11)19-27(24,25)15-7-5-14(6-8-15)20-17(21)12(2)10-26(20,22)23/h3-9,12,19H,10H2,1-2H3/t12-/m0/s1. The van der Waals surface area contributed by atoms with Crippen LogP contribution in [0.2, 0.25) is 5.02 Å². The van der Waals surface area contributed by atoms with Crippen LogP contribution in [0.4, 0.5) is 11.4 Å². The molecule has 10 heteroatoms. The summed E-state index contributed by atoms with van der Waals surface area (Å²) in [4.78, 5) is 12.1. The molecule has 27 heavy (non-hydrogen) atoms. The van der Waals surface area contributed by atoms with E-state index in [9.17, 15) is 21.6 Å². The van der Waals surface area contributed by atoms with Gasteiger partial charge in [-0.1, -0.05) is 24.6 Å². The molecule has 2 aromatic rings. The summed E-state index contributed by atoms with van der Waals surface area (Å²) in [6.07, 6.45) is 0. The van der Waals surface area contributed by atoms with Crippen LogP contribution in [0.1, 0.15) is 12.5 Å². The van der Waals surface area contributed by atoms with Crippen LogP contribution in [0.3, 0.4) is 0 Å². The van der Waals surface area contributed by atoms with Crippen molar-refractivity contribution in [3.8, 4) is 0 Å². The molecular weight excluding hydrogens is 412 g/mol. The van der Waals surface area contributed by atoms with E-state index in [1.165, 1.54) is 37.3 Å². The molecule has 1 atom stereocenters. The third kappa shape index (κ3) is 3.80.